The highest BCUT2D eigenvalue weighted by Crippen LogP contribution is 2.20. The van der Waals surface area contributed by atoms with Crippen LogP contribution in [0.15, 0.2) is 0 Å². The Balaban J connectivity index is 2.75. The lowest BCUT2D eigenvalue weighted by molar-refractivity contribution is -0.0473. The van der Waals surface area contributed by atoms with Crippen LogP contribution in [0.3, 0.4) is 0 Å². The van der Waals surface area contributed by atoms with Crippen LogP contribution < -0.4 is 5.73 Å². The van der Waals surface area contributed by atoms with Crippen molar-refractivity contribution < 1.29 is 14.3 Å². The lowest BCUT2D eigenvalue weighted by atomic mass is 9.94. The summed E-state index contributed by atoms with van der Waals surface area (Å²) in [5.41, 5.74) is 5.08. The van der Waals surface area contributed by atoms with E-state index in [1.165, 1.54) is 0 Å². The molecule has 0 spiro atoms. The van der Waals surface area contributed by atoms with Crippen molar-refractivity contribution in [2.24, 2.45) is 5.73 Å². The normalized spacial score (nSPS) is 22.5. The SMILES string of the molecule is CC(C)(C)OC(=O)N1CCOCC1C(C)(C)N. The molecule has 100 valence electrons. The number of rotatable bonds is 1. The van der Waals surface area contributed by atoms with Crippen molar-refractivity contribution in [2.45, 2.75) is 51.8 Å². The van der Waals surface area contributed by atoms with Gasteiger partial charge in [-0.3, -0.25) is 4.90 Å². The van der Waals surface area contributed by atoms with Gasteiger partial charge in [-0.2, -0.15) is 0 Å². The molecule has 1 aliphatic rings. The molecule has 0 radical (unpaired) electrons. The van der Waals surface area contributed by atoms with Crippen molar-refractivity contribution in [3.05, 3.63) is 0 Å². The fraction of sp³-hybridized carbons (Fsp3) is 0.917. The Hall–Kier alpha value is -0.810. The number of morpholine rings is 1. The van der Waals surface area contributed by atoms with Crippen LogP contribution in [0.1, 0.15) is 34.6 Å². The lowest BCUT2D eigenvalue weighted by Crippen LogP contribution is -2.62. The predicted molar refractivity (Wildman–Crippen MR) is 65.8 cm³/mol. The van der Waals surface area contributed by atoms with Gasteiger partial charge in [0.25, 0.3) is 0 Å². The number of nitrogens with zero attached hydrogens (tertiary/aromatic N) is 1. The molecule has 1 rings (SSSR count). The zero-order valence-corrected chi connectivity index (χ0v) is 11.4. The number of nitrogens with two attached hydrogens (primary N) is 1. The van der Waals surface area contributed by atoms with Gasteiger partial charge < -0.3 is 15.2 Å². The van der Waals surface area contributed by atoms with Gasteiger partial charge in [-0.15, -0.1) is 0 Å². The smallest absolute Gasteiger partial charge is 0.410 e. The Morgan fingerprint density at radius 2 is 1.94 bits per heavy atom. The van der Waals surface area contributed by atoms with Gasteiger partial charge in [0.15, 0.2) is 0 Å². The van der Waals surface area contributed by atoms with E-state index >= 15 is 0 Å². The first kappa shape index (κ1) is 14.3. The molecule has 0 aliphatic carbocycles. The number of carbonyl (C=O) groups is 1. The number of amides is 1. The van der Waals surface area contributed by atoms with E-state index in [-0.39, 0.29) is 12.1 Å². The number of ether oxygens (including phenoxy) is 2. The molecule has 0 aromatic rings. The van der Waals surface area contributed by atoms with Crippen molar-refractivity contribution in [2.75, 3.05) is 19.8 Å². The second-order valence-corrected chi connectivity index (χ2v) is 6.09. The summed E-state index contributed by atoms with van der Waals surface area (Å²) in [6.07, 6.45) is -0.315. The zero-order chi connectivity index (χ0) is 13.3. The largest absolute Gasteiger partial charge is 0.444 e. The molecule has 1 heterocycles. The van der Waals surface area contributed by atoms with E-state index in [1.54, 1.807) is 4.90 Å². The first-order valence-electron chi connectivity index (χ1n) is 5.97. The van der Waals surface area contributed by atoms with Crippen LogP contribution >= 0.6 is 0 Å². The Labute approximate surface area is 103 Å². The zero-order valence-electron chi connectivity index (χ0n) is 11.4. The highest BCUT2D eigenvalue weighted by Gasteiger charge is 2.38. The average molecular weight is 244 g/mol. The first-order chi connectivity index (χ1) is 7.61. The maximum Gasteiger partial charge on any atom is 0.410 e. The van der Waals surface area contributed by atoms with E-state index in [9.17, 15) is 4.79 Å². The molecule has 0 aromatic heterocycles. The first-order valence-corrected chi connectivity index (χ1v) is 5.97. The van der Waals surface area contributed by atoms with Gasteiger partial charge >= 0.3 is 6.09 Å². The molecular weight excluding hydrogens is 220 g/mol. The molecule has 1 fully saturated rings. The minimum absolute atomic E-state index is 0.147. The average Bonchev–Trinajstić information content (AvgIpc) is 2.13. The maximum absolute atomic E-state index is 12.1. The van der Waals surface area contributed by atoms with Gasteiger partial charge in [0, 0.05) is 12.1 Å². The summed E-state index contributed by atoms with van der Waals surface area (Å²) < 4.78 is 10.8. The minimum Gasteiger partial charge on any atom is -0.444 e. The molecule has 1 atom stereocenters. The summed E-state index contributed by atoms with van der Waals surface area (Å²) in [5.74, 6) is 0. The summed E-state index contributed by atoms with van der Waals surface area (Å²) in [6.45, 7) is 10.9. The monoisotopic (exact) mass is 244 g/mol. The summed E-state index contributed by atoms with van der Waals surface area (Å²) in [4.78, 5) is 13.7. The second-order valence-electron chi connectivity index (χ2n) is 6.09. The number of hydrogen-bond donors (Lipinski definition) is 1. The van der Waals surface area contributed by atoms with Crippen LogP contribution in [-0.4, -0.2) is 47.9 Å². The lowest BCUT2D eigenvalue weighted by Gasteiger charge is -2.42. The van der Waals surface area contributed by atoms with Gasteiger partial charge in [0.05, 0.1) is 19.3 Å². The Kier molecular flexibility index (Phi) is 4.04. The van der Waals surface area contributed by atoms with Crippen LogP contribution in [0.25, 0.3) is 0 Å². The molecular formula is C12H24N2O3. The van der Waals surface area contributed by atoms with Gasteiger partial charge in [-0.1, -0.05) is 0 Å². The Morgan fingerprint density at radius 1 is 1.35 bits per heavy atom. The molecule has 1 amide bonds. The van der Waals surface area contributed by atoms with Crippen molar-refractivity contribution in [3.8, 4) is 0 Å². The molecule has 17 heavy (non-hydrogen) atoms. The molecule has 5 heteroatoms. The quantitative estimate of drug-likeness (QED) is 0.756. The van der Waals surface area contributed by atoms with E-state index in [0.29, 0.717) is 19.8 Å². The van der Waals surface area contributed by atoms with Crippen LogP contribution in [0.4, 0.5) is 4.79 Å². The van der Waals surface area contributed by atoms with Gasteiger partial charge in [0.1, 0.15) is 5.60 Å². The van der Waals surface area contributed by atoms with Crippen LogP contribution in [0, 0.1) is 0 Å². The third-order valence-corrected chi connectivity index (χ3v) is 2.62. The van der Waals surface area contributed by atoms with E-state index in [4.69, 9.17) is 15.2 Å². The molecule has 1 saturated heterocycles. The highest BCUT2D eigenvalue weighted by atomic mass is 16.6. The third kappa shape index (κ3) is 4.16. The van der Waals surface area contributed by atoms with E-state index in [2.05, 4.69) is 0 Å². The predicted octanol–water partition coefficient (Wildman–Crippen LogP) is 1.36. The Bertz CT molecular complexity index is 278. The molecule has 5 nitrogen and oxygen atoms in total. The number of hydrogen-bond acceptors (Lipinski definition) is 4. The summed E-state index contributed by atoms with van der Waals surface area (Å²) in [6, 6.07) is -0.147. The Morgan fingerprint density at radius 3 is 2.41 bits per heavy atom. The summed E-state index contributed by atoms with van der Waals surface area (Å²) >= 11 is 0. The van der Waals surface area contributed by atoms with Crippen molar-refractivity contribution in [1.29, 1.82) is 0 Å². The van der Waals surface area contributed by atoms with Gasteiger partial charge in [-0.05, 0) is 34.6 Å². The third-order valence-electron chi connectivity index (χ3n) is 2.62. The molecule has 1 unspecified atom stereocenters. The molecule has 1 aliphatic heterocycles. The summed E-state index contributed by atoms with van der Waals surface area (Å²) in [7, 11) is 0. The second kappa shape index (κ2) is 4.82. The fourth-order valence-corrected chi connectivity index (χ4v) is 1.76. The van der Waals surface area contributed by atoms with Crippen molar-refractivity contribution in [3.63, 3.8) is 0 Å². The van der Waals surface area contributed by atoms with Crippen LogP contribution in [0.2, 0.25) is 0 Å². The van der Waals surface area contributed by atoms with E-state index in [0.717, 1.165) is 0 Å². The topological polar surface area (TPSA) is 64.8 Å². The van der Waals surface area contributed by atoms with Crippen LogP contribution in [-0.2, 0) is 9.47 Å². The van der Waals surface area contributed by atoms with Gasteiger partial charge in [-0.25, -0.2) is 4.79 Å². The standard InChI is InChI=1S/C12H24N2O3/c1-11(2,3)17-10(15)14-6-7-16-8-9(14)12(4,5)13/h9H,6-8,13H2,1-5H3. The molecule has 0 aromatic carbocycles. The molecule has 0 bridgehead atoms. The highest BCUT2D eigenvalue weighted by molar-refractivity contribution is 5.69. The van der Waals surface area contributed by atoms with E-state index < -0.39 is 11.1 Å². The minimum atomic E-state index is -0.503. The number of carbonyl (C=O) groups excluding carboxylic acids is 1. The maximum atomic E-state index is 12.1. The van der Waals surface area contributed by atoms with Crippen molar-refractivity contribution >= 4 is 6.09 Å². The summed E-state index contributed by atoms with van der Waals surface area (Å²) in [5, 5.41) is 0. The van der Waals surface area contributed by atoms with Crippen molar-refractivity contribution in [1.82, 2.24) is 4.90 Å². The molecule has 2 N–H and O–H groups in total. The fourth-order valence-electron chi connectivity index (χ4n) is 1.76. The van der Waals surface area contributed by atoms with Gasteiger partial charge in [0.2, 0.25) is 0 Å². The van der Waals surface area contributed by atoms with Crippen LogP contribution in [0.5, 0.6) is 0 Å². The molecule has 0 saturated carbocycles. The van der Waals surface area contributed by atoms with E-state index in [1.807, 2.05) is 34.6 Å².